The molecule has 1 aromatic carbocycles. The van der Waals surface area contributed by atoms with Crippen molar-refractivity contribution in [2.75, 3.05) is 20.3 Å². The highest BCUT2D eigenvalue weighted by Gasteiger charge is 2.23. The molecule has 0 aliphatic heterocycles. The molecule has 0 saturated carbocycles. The molecule has 0 amide bonds. The molecule has 1 atom stereocenters. The molecule has 0 aromatic heterocycles. The minimum absolute atomic E-state index is 0.00191. The molecule has 1 unspecified atom stereocenters. The first kappa shape index (κ1) is 16.9. The zero-order valence-electron chi connectivity index (χ0n) is 10.8. The van der Waals surface area contributed by atoms with Gasteiger partial charge in [-0.2, -0.15) is 5.26 Å². The van der Waals surface area contributed by atoms with Crippen LogP contribution in [0.5, 0.6) is 0 Å². The van der Waals surface area contributed by atoms with Crippen molar-refractivity contribution in [1.82, 2.24) is 4.72 Å². The number of nitriles is 1. The predicted octanol–water partition coefficient (Wildman–Crippen LogP) is 0.887. The van der Waals surface area contributed by atoms with Crippen LogP contribution in [0.1, 0.15) is 12.0 Å². The number of hydrogen-bond acceptors (Lipinski definition) is 5. The Hall–Kier alpha value is -1.17. The van der Waals surface area contributed by atoms with E-state index in [2.05, 4.69) is 4.72 Å². The lowest BCUT2D eigenvalue weighted by molar-refractivity contribution is 0.158. The first-order valence-corrected chi connectivity index (χ1v) is 7.62. The highest BCUT2D eigenvalue weighted by Crippen LogP contribution is 2.20. The van der Waals surface area contributed by atoms with Crippen LogP contribution in [0.15, 0.2) is 23.1 Å². The lowest BCUT2D eigenvalue weighted by Crippen LogP contribution is -2.38. The maximum Gasteiger partial charge on any atom is 0.242 e. The van der Waals surface area contributed by atoms with E-state index >= 15 is 0 Å². The van der Waals surface area contributed by atoms with E-state index in [0.717, 1.165) is 0 Å². The van der Waals surface area contributed by atoms with Crippen molar-refractivity contribution < 1.29 is 18.3 Å². The van der Waals surface area contributed by atoms with E-state index in [1.165, 1.54) is 25.3 Å². The van der Waals surface area contributed by atoms with Crippen molar-refractivity contribution in [3.8, 4) is 6.07 Å². The first-order chi connectivity index (χ1) is 9.44. The summed E-state index contributed by atoms with van der Waals surface area (Å²) in [5.41, 5.74) is 0.00191. The van der Waals surface area contributed by atoms with Gasteiger partial charge in [0.1, 0.15) is 11.0 Å². The van der Waals surface area contributed by atoms with Crippen LogP contribution in [0.25, 0.3) is 0 Å². The standard InChI is InChI=1S/C12H15ClN2O4S/c1-19-8-11(4-5-16)15-20(17,18)12-6-10(13)3-2-9(12)7-14/h2-3,6,11,15-16H,4-5,8H2,1H3. The highest BCUT2D eigenvalue weighted by atomic mass is 35.5. The molecule has 0 radical (unpaired) electrons. The number of aliphatic hydroxyl groups excluding tert-OH is 1. The minimum Gasteiger partial charge on any atom is -0.396 e. The van der Waals surface area contributed by atoms with Crippen molar-refractivity contribution >= 4 is 21.6 Å². The second-order valence-electron chi connectivity index (χ2n) is 4.04. The number of sulfonamides is 1. The van der Waals surface area contributed by atoms with Gasteiger partial charge in [-0.1, -0.05) is 11.6 Å². The SMILES string of the molecule is COCC(CCO)NS(=O)(=O)c1cc(Cl)ccc1C#N. The number of nitrogens with one attached hydrogen (secondary N) is 1. The van der Waals surface area contributed by atoms with E-state index in [1.54, 1.807) is 0 Å². The number of methoxy groups -OCH3 is 1. The monoisotopic (exact) mass is 318 g/mol. The fourth-order valence-electron chi connectivity index (χ4n) is 1.63. The molecular weight excluding hydrogens is 304 g/mol. The molecule has 0 aliphatic carbocycles. The number of nitrogens with zero attached hydrogens (tertiary/aromatic N) is 1. The molecule has 2 N–H and O–H groups in total. The fraction of sp³-hybridized carbons (Fsp3) is 0.417. The topological polar surface area (TPSA) is 99.4 Å². The number of halogens is 1. The smallest absolute Gasteiger partial charge is 0.242 e. The third kappa shape index (κ3) is 4.44. The fourth-order valence-corrected chi connectivity index (χ4v) is 3.30. The van der Waals surface area contributed by atoms with Gasteiger partial charge in [-0.25, -0.2) is 13.1 Å². The molecule has 0 heterocycles. The molecule has 1 aromatic rings. The molecule has 0 bridgehead atoms. The second-order valence-corrected chi connectivity index (χ2v) is 6.16. The zero-order valence-corrected chi connectivity index (χ0v) is 12.4. The lowest BCUT2D eigenvalue weighted by Gasteiger charge is -2.17. The minimum atomic E-state index is -3.92. The Morgan fingerprint density at radius 2 is 2.25 bits per heavy atom. The maximum atomic E-state index is 12.3. The zero-order chi connectivity index (χ0) is 15.2. The molecule has 20 heavy (non-hydrogen) atoms. The molecular formula is C12H15ClN2O4S. The van der Waals surface area contributed by atoms with Crippen molar-refractivity contribution in [2.45, 2.75) is 17.4 Å². The van der Waals surface area contributed by atoms with Gasteiger partial charge in [-0.3, -0.25) is 0 Å². The second kappa shape index (κ2) is 7.57. The summed E-state index contributed by atoms with van der Waals surface area (Å²) in [7, 11) is -2.49. The largest absolute Gasteiger partial charge is 0.396 e. The number of rotatable bonds is 7. The van der Waals surface area contributed by atoms with Gasteiger partial charge < -0.3 is 9.84 Å². The van der Waals surface area contributed by atoms with Gasteiger partial charge in [0.25, 0.3) is 0 Å². The van der Waals surface area contributed by atoms with E-state index in [0.29, 0.717) is 0 Å². The summed E-state index contributed by atoms with van der Waals surface area (Å²) < 4.78 is 31.8. The number of benzene rings is 1. The number of ether oxygens (including phenoxy) is 1. The molecule has 8 heteroatoms. The quantitative estimate of drug-likeness (QED) is 0.777. The molecule has 0 aliphatic rings. The summed E-state index contributed by atoms with van der Waals surface area (Å²) in [6.07, 6.45) is 0.204. The Morgan fingerprint density at radius 3 is 2.80 bits per heavy atom. The summed E-state index contributed by atoms with van der Waals surface area (Å²) in [5, 5.41) is 18.1. The maximum absolute atomic E-state index is 12.3. The summed E-state index contributed by atoms with van der Waals surface area (Å²) >= 11 is 5.77. The lowest BCUT2D eigenvalue weighted by atomic mass is 10.2. The molecule has 110 valence electrons. The summed E-state index contributed by atoms with van der Waals surface area (Å²) in [4.78, 5) is -0.188. The van der Waals surface area contributed by atoms with E-state index in [9.17, 15) is 8.42 Å². The van der Waals surface area contributed by atoms with Crippen molar-refractivity contribution in [1.29, 1.82) is 5.26 Å². The van der Waals surface area contributed by atoms with Crippen LogP contribution in [0, 0.1) is 11.3 Å². The van der Waals surface area contributed by atoms with Crippen LogP contribution in [-0.4, -0.2) is 39.9 Å². The van der Waals surface area contributed by atoms with E-state index < -0.39 is 16.1 Å². The van der Waals surface area contributed by atoms with Crippen LogP contribution in [0.3, 0.4) is 0 Å². The van der Waals surface area contributed by atoms with E-state index in [4.69, 9.17) is 26.7 Å². The van der Waals surface area contributed by atoms with E-state index in [1.807, 2.05) is 6.07 Å². The van der Waals surface area contributed by atoms with Crippen molar-refractivity contribution in [3.63, 3.8) is 0 Å². The average molecular weight is 319 g/mol. The Bertz CT molecular complexity index is 592. The summed E-state index contributed by atoms with van der Waals surface area (Å²) in [6.45, 7) is -0.0700. The van der Waals surface area contributed by atoms with Crippen molar-refractivity contribution in [3.05, 3.63) is 28.8 Å². The van der Waals surface area contributed by atoms with Crippen molar-refractivity contribution in [2.24, 2.45) is 0 Å². The van der Waals surface area contributed by atoms with Crippen LogP contribution in [0.2, 0.25) is 5.02 Å². The van der Waals surface area contributed by atoms with Gasteiger partial charge in [0.05, 0.1) is 12.2 Å². The van der Waals surface area contributed by atoms with Crippen LogP contribution >= 0.6 is 11.6 Å². The Kier molecular flexibility index (Phi) is 6.39. The van der Waals surface area contributed by atoms with Gasteiger partial charge in [0.15, 0.2) is 0 Å². The Labute approximate surface area is 123 Å². The Balaban J connectivity index is 3.10. The highest BCUT2D eigenvalue weighted by molar-refractivity contribution is 7.89. The molecule has 6 nitrogen and oxygen atoms in total. The van der Waals surface area contributed by atoms with Crippen LogP contribution < -0.4 is 4.72 Å². The molecule has 1 rings (SSSR count). The van der Waals surface area contributed by atoms with Gasteiger partial charge in [0.2, 0.25) is 10.0 Å². The predicted molar refractivity (Wildman–Crippen MR) is 73.9 cm³/mol. The van der Waals surface area contributed by atoms with Crippen LogP contribution in [0.4, 0.5) is 0 Å². The molecule has 0 saturated heterocycles. The third-order valence-electron chi connectivity index (χ3n) is 2.52. The summed E-state index contributed by atoms with van der Waals surface area (Å²) in [6, 6.07) is 5.22. The molecule has 0 spiro atoms. The van der Waals surface area contributed by atoms with E-state index in [-0.39, 0.29) is 35.1 Å². The number of aliphatic hydroxyl groups is 1. The Morgan fingerprint density at radius 1 is 1.55 bits per heavy atom. The third-order valence-corrected chi connectivity index (χ3v) is 4.32. The van der Waals surface area contributed by atoms with Gasteiger partial charge in [-0.15, -0.1) is 0 Å². The number of hydrogen-bond donors (Lipinski definition) is 2. The summed E-state index contributed by atoms with van der Waals surface area (Å²) in [5.74, 6) is 0. The molecule has 0 fully saturated rings. The van der Waals surface area contributed by atoms with Gasteiger partial charge >= 0.3 is 0 Å². The normalized spacial score (nSPS) is 12.9. The van der Waals surface area contributed by atoms with Gasteiger partial charge in [0, 0.05) is 24.8 Å². The first-order valence-electron chi connectivity index (χ1n) is 5.76. The average Bonchev–Trinajstić information content (AvgIpc) is 2.39. The van der Waals surface area contributed by atoms with Gasteiger partial charge in [-0.05, 0) is 24.6 Å². The van der Waals surface area contributed by atoms with Crippen LogP contribution in [-0.2, 0) is 14.8 Å².